The predicted octanol–water partition coefficient (Wildman–Crippen LogP) is 1.50. The SMILES string of the molecule is CCOC=O.CCn1nc(C)c(CN)c1Cl. The lowest BCUT2D eigenvalue weighted by atomic mass is 10.3. The zero-order valence-corrected chi connectivity index (χ0v) is 10.6. The van der Waals surface area contributed by atoms with Gasteiger partial charge in [0, 0.05) is 18.7 Å². The maximum absolute atomic E-state index is 9.18. The molecule has 0 aliphatic heterocycles. The van der Waals surface area contributed by atoms with Crippen molar-refractivity contribution in [2.75, 3.05) is 6.61 Å². The number of hydrogen-bond acceptors (Lipinski definition) is 4. The Morgan fingerprint density at radius 1 is 1.56 bits per heavy atom. The van der Waals surface area contributed by atoms with E-state index in [1.165, 1.54) is 0 Å². The highest BCUT2D eigenvalue weighted by Crippen LogP contribution is 2.18. The molecule has 1 rings (SSSR count). The second-order valence-electron chi connectivity index (χ2n) is 2.93. The van der Waals surface area contributed by atoms with E-state index in [-0.39, 0.29) is 0 Å². The van der Waals surface area contributed by atoms with Crippen molar-refractivity contribution in [1.82, 2.24) is 9.78 Å². The van der Waals surface area contributed by atoms with Crippen LogP contribution in [0, 0.1) is 6.92 Å². The summed E-state index contributed by atoms with van der Waals surface area (Å²) in [4.78, 5) is 9.18. The third-order valence-corrected chi connectivity index (χ3v) is 2.34. The topological polar surface area (TPSA) is 70.1 Å². The molecule has 16 heavy (non-hydrogen) atoms. The van der Waals surface area contributed by atoms with Crippen molar-refractivity contribution in [3.8, 4) is 0 Å². The first kappa shape index (κ1) is 14.9. The van der Waals surface area contributed by atoms with Gasteiger partial charge >= 0.3 is 0 Å². The molecule has 0 saturated carbocycles. The van der Waals surface area contributed by atoms with Gasteiger partial charge in [-0.3, -0.25) is 9.48 Å². The molecule has 1 aromatic heterocycles. The molecule has 92 valence electrons. The van der Waals surface area contributed by atoms with Crippen LogP contribution in [0.15, 0.2) is 0 Å². The van der Waals surface area contributed by atoms with E-state index >= 15 is 0 Å². The maximum Gasteiger partial charge on any atom is 0.293 e. The van der Waals surface area contributed by atoms with Crippen LogP contribution < -0.4 is 5.73 Å². The molecule has 0 amide bonds. The van der Waals surface area contributed by atoms with Crippen LogP contribution in [0.1, 0.15) is 25.1 Å². The van der Waals surface area contributed by atoms with Crippen LogP contribution in [0.25, 0.3) is 0 Å². The lowest BCUT2D eigenvalue weighted by Crippen LogP contribution is -1.98. The van der Waals surface area contributed by atoms with Gasteiger partial charge in [-0.2, -0.15) is 5.10 Å². The van der Waals surface area contributed by atoms with Gasteiger partial charge in [0.05, 0.1) is 12.3 Å². The number of aromatic nitrogens is 2. The van der Waals surface area contributed by atoms with Gasteiger partial charge in [-0.15, -0.1) is 0 Å². The Labute approximate surface area is 101 Å². The van der Waals surface area contributed by atoms with Crippen molar-refractivity contribution in [2.45, 2.75) is 33.9 Å². The number of nitrogens with two attached hydrogens (primary N) is 1. The van der Waals surface area contributed by atoms with E-state index in [1.807, 2.05) is 13.8 Å². The largest absolute Gasteiger partial charge is 0.468 e. The van der Waals surface area contributed by atoms with Crippen LogP contribution in [-0.4, -0.2) is 22.9 Å². The molecular weight excluding hydrogens is 230 g/mol. The molecule has 0 aromatic carbocycles. The summed E-state index contributed by atoms with van der Waals surface area (Å²) in [5.74, 6) is 0. The first-order chi connectivity index (χ1) is 7.62. The summed E-state index contributed by atoms with van der Waals surface area (Å²) in [6, 6.07) is 0. The Hall–Kier alpha value is -1.07. The van der Waals surface area contributed by atoms with E-state index in [0.717, 1.165) is 17.8 Å². The number of rotatable bonds is 4. The fourth-order valence-electron chi connectivity index (χ4n) is 1.10. The van der Waals surface area contributed by atoms with E-state index in [2.05, 4.69) is 9.84 Å². The standard InChI is InChI=1S/C7H12ClN3.C3H6O2/c1-3-11-7(8)6(4-9)5(2)10-11;1-2-5-3-4/h3-4,9H2,1-2H3;3H,2H2,1H3. The number of carbonyl (C=O) groups excluding carboxylic acids is 1. The van der Waals surface area contributed by atoms with Crippen molar-refractivity contribution in [3.05, 3.63) is 16.4 Å². The quantitative estimate of drug-likeness (QED) is 0.819. The van der Waals surface area contributed by atoms with E-state index in [1.54, 1.807) is 11.6 Å². The molecule has 0 unspecified atom stereocenters. The average Bonchev–Trinajstić information content (AvgIpc) is 2.55. The Kier molecular flexibility index (Phi) is 7.58. The van der Waals surface area contributed by atoms with Crippen LogP contribution in [0.3, 0.4) is 0 Å². The van der Waals surface area contributed by atoms with Crippen molar-refractivity contribution < 1.29 is 9.53 Å². The minimum Gasteiger partial charge on any atom is -0.468 e. The third-order valence-electron chi connectivity index (χ3n) is 1.92. The van der Waals surface area contributed by atoms with Gasteiger partial charge in [0.1, 0.15) is 5.15 Å². The highest BCUT2D eigenvalue weighted by molar-refractivity contribution is 6.30. The smallest absolute Gasteiger partial charge is 0.293 e. The number of nitrogens with zero attached hydrogens (tertiary/aromatic N) is 2. The van der Waals surface area contributed by atoms with Crippen LogP contribution in [0.2, 0.25) is 5.15 Å². The molecule has 0 radical (unpaired) electrons. The molecule has 5 nitrogen and oxygen atoms in total. The summed E-state index contributed by atoms with van der Waals surface area (Å²) >= 11 is 5.95. The molecule has 0 saturated heterocycles. The van der Waals surface area contributed by atoms with E-state index < -0.39 is 0 Å². The number of hydrogen-bond donors (Lipinski definition) is 1. The molecule has 0 spiro atoms. The summed E-state index contributed by atoms with van der Waals surface area (Å²) in [7, 11) is 0. The Balaban J connectivity index is 0.000000385. The van der Waals surface area contributed by atoms with Gasteiger partial charge in [-0.05, 0) is 20.8 Å². The second-order valence-corrected chi connectivity index (χ2v) is 3.28. The maximum atomic E-state index is 9.18. The van der Waals surface area contributed by atoms with Crippen LogP contribution >= 0.6 is 11.6 Å². The molecule has 0 aliphatic rings. The van der Waals surface area contributed by atoms with E-state index in [4.69, 9.17) is 17.3 Å². The number of ether oxygens (including phenoxy) is 1. The van der Waals surface area contributed by atoms with Crippen LogP contribution in [0.5, 0.6) is 0 Å². The van der Waals surface area contributed by atoms with Gasteiger partial charge in [-0.1, -0.05) is 11.6 Å². The highest BCUT2D eigenvalue weighted by Gasteiger charge is 2.09. The van der Waals surface area contributed by atoms with Crippen molar-refractivity contribution in [3.63, 3.8) is 0 Å². The van der Waals surface area contributed by atoms with Gasteiger partial charge in [0.2, 0.25) is 0 Å². The lowest BCUT2D eigenvalue weighted by molar-refractivity contribution is -0.128. The van der Waals surface area contributed by atoms with Crippen molar-refractivity contribution in [1.29, 1.82) is 0 Å². The van der Waals surface area contributed by atoms with Crippen LogP contribution in [0.4, 0.5) is 0 Å². The average molecular weight is 248 g/mol. The lowest BCUT2D eigenvalue weighted by Gasteiger charge is -1.96. The number of carbonyl (C=O) groups is 1. The minimum absolute atomic E-state index is 0.431. The van der Waals surface area contributed by atoms with Crippen LogP contribution in [-0.2, 0) is 22.6 Å². The van der Waals surface area contributed by atoms with E-state index in [9.17, 15) is 4.79 Å². The predicted molar refractivity (Wildman–Crippen MR) is 63.2 cm³/mol. The van der Waals surface area contributed by atoms with Gasteiger partial charge in [-0.25, -0.2) is 0 Å². The molecule has 0 aliphatic carbocycles. The first-order valence-electron chi connectivity index (χ1n) is 5.09. The Morgan fingerprint density at radius 2 is 2.19 bits per heavy atom. The fraction of sp³-hybridized carbons (Fsp3) is 0.600. The Bertz CT molecular complexity index is 326. The van der Waals surface area contributed by atoms with Crippen molar-refractivity contribution in [2.24, 2.45) is 5.73 Å². The van der Waals surface area contributed by atoms with E-state index in [0.29, 0.717) is 24.8 Å². The number of aryl methyl sites for hydroxylation is 2. The minimum atomic E-state index is 0.431. The fourth-order valence-corrected chi connectivity index (χ4v) is 1.47. The molecule has 6 heteroatoms. The van der Waals surface area contributed by atoms with Crippen molar-refractivity contribution >= 4 is 18.1 Å². The molecular formula is C10H18ClN3O2. The summed E-state index contributed by atoms with van der Waals surface area (Å²) in [5.41, 5.74) is 7.36. The zero-order valence-electron chi connectivity index (χ0n) is 9.86. The Morgan fingerprint density at radius 3 is 2.38 bits per heavy atom. The summed E-state index contributed by atoms with van der Waals surface area (Å²) in [5, 5.41) is 4.88. The summed E-state index contributed by atoms with van der Waals surface area (Å²) < 4.78 is 5.90. The summed E-state index contributed by atoms with van der Waals surface area (Å²) in [6.07, 6.45) is 0. The third kappa shape index (κ3) is 4.20. The second kappa shape index (κ2) is 8.13. The normalized spacial score (nSPS) is 9.31. The first-order valence-corrected chi connectivity index (χ1v) is 5.47. The molecule has 1 heterocycles. The molecule has 0 fully saturated rings. The monoisotopic (exact) mass is 247 g/mol. The van der Waals surface area contributed by atoms with Gasteiger partial charge in [0.25, 0.3) is 6.47 Å². The molecule has 1 aromatic rings. The van der Waals surface area contributed by atoms with Gasteiger partial charge < -0.3 is 10.5 Å². The van der Waals surface area contributed by atoms with Gasteiger partial charge in [0.15, 0.2) is 0 Å². The molecule has 2 N–H and O–H groups in total. The molecule has 0 atom stereocenters. The number of halogens is 1. The zero-order chi connectivity index (χ0) is 12.6. The molecule has 0 bridgehead atoms. The summed E-state index contributed by atoms with van der Waals surface area (Å²) in [6.45, 7) is 7.83. The highest BCUT2D eigenvalue weighted by atomic mass is 35.5.